The minimum atomic E-state index is -0.988. The lowest BCUT2D eigenvalue weighted by atomic mass is 10.1. The first kappa shape index (κ1) is 21.0. The van der Waals surface area contributed by atoms with Crippen LogP contribution in [-0.2, 0) is 19.2 Å². The Morgan fingerprint density at radius 3 is 2.00 bits per heavy atom. The standard InChI is InChI=1S/C15H27N3O5/c1-5-12(19)9(3)17-14(22)10(4)18-15(23)11(16-6-2)7-8-13(20)21/h9-11,16H,5-8H2,1-4H3,(H,17,22)(H,18,23)(H,20,21)/t9-,10-,11-/m0/s1. The molecule has 0 unspecified atom stereocenters. The predicted molar refractivity (Wildman–Crippen MR) is 84.8 cm³/mol. The van der Waals surface area contributed by atoms with Crippen molar-refractivity contribution in [2.24, 2.45) is 0 Å². The Kier molecular flexibility index (Phi) is 9.80. The van der Waals surface area contributed by atoms with Crippen LogP contribution in [0.3, 0.4) is 0 Å². The van der Waals surface area contributed by atoms with Crippen LogP contribution in [0, 0.1) is 0 Å². The van der Waals surface area contributed by atoms with Crippen LogP contribution < -0.4 is 16.0 Å². The van der Waals surface area contributed by atoms with Gasteiger partial charge in [0.1, 0.15) is 6.04 Å². The number of nitrogens with one attached hydrogen (secondary N) is 3. The molecule has 0 radical (unpaired) electrons. The molecule has 0 saturated heterocycles. The Bertz CT molecular complexity index is 439. The number of carboxylic acid groups (broad SMARTS) is 1. The van der Waals surface area contributed by atoms with E-state index in [0.29, 0.717) is 13.0 Å². The van der Waals surface area contributed by atoms with Gasteiger partial charge in [-0.3, -0.25) is 19.2 Å². The predicted octanol–water partition coefficient (Wildman–Crippen LogP) is -0.182. The van der Waals surface area contributed by atoms with Gasteiger partial charge in [0.2, 0.25) is 11.8 Å². The molecule has 8 nitrogen and oxygen atoms in total. The lowest BCUT2D eigenvalue weighted by Gasteiger charge is -2.21. The van der Waals surface area contributed by atoms with Gasteiger partial charge in [-0.15, -0.1) is 0 Å². The van der Waals surface area contributed by atoms with Crippen LogP contribution in [0.15, 0.2) is 0 Å². The van der Waals surface area contributed by atoms with Crippen molar-refractivity contribution in [3.63, 3.8) is 0 Å². The highest BCUT2D eigenvalue weighted by Crippen LogP contribution is 1.99. The molecular weight excluding hydrogens is 302 g/mol. The quantitative estimate of drug-likeness (QED) is 0.417. The summed E-state index contributed by atoms with van der Waals surface area (Å²) in [5.74, 6) is -1.98. The van der Waals surface area contributed by atoms with Gasteiger partial charge >= 0.3 is 5.97 Å². The first-order valence-corrected chi connectivity index (χ1v) is 7.81. The largest absolute Gasteiger partial charge is 0.481 e. The van der Waals surface area contributed by atoms with E-state index in [0.717, 1.165) is 0 Å². The molecule has 3 atom stereocenters. The van der Waals surface area contributed by atoms with Crippen LogP contribution in [0.2, 0.25) is 0 Å². The maximum atomic E-state index is 12.1. The molecule has 0 heterocycles. The van der Waals surface area contributed by atoms with Gasteiger partial charge in [-0.25, -0.2) is 0 Å². The van der Waals surface area contributed by atoms with Crippen molar-refractivity contribution in [2.75, 3.05) is 6.54 Å². The fourth-order valence-corrected chi connectivity index (χ4v) is 1.94. The van der Waals surface area contributed by atoms with Crippen molar-refractivity contribution in [3.8, 4) is 0 Å². The average Bonchev–Trinajstić information content (AvgIpc) is 2.49. The summed E-state index contributed by atoms with van der Waals surface area (Å²) >= 11 is 0. The van der Waals surface area contributed by atoms with Crippen LogP contribution in [0.4, 0.5) is 0 Å². The molecule has 0 aromatic rings. The van der Waals surface area contributed by atoms with Crippen molar-refractivity contribution in [1.82, 2.24) is 16.0 Å². The third-order valence-corrected chi connectivity index (χ3v) is 3.36. The Balaban J connectivity index is 4.55. The summed E-state index contributed by atoms with van der Waals surface area (Å²) in [4.78, 5) is 46.2. The van der Waals surface area contributed by atoms with Gasteiger partial charge in [0.15, 0.2) is 5.78 Å². The Morgan fingerprint density at radius 2 is 1.52 bits per heavy atom. The highest BCUT2D eigenvalue weighted by atomic mass is 16.4. The molecule has 4 N–H and O–H groups in total. The third-order valence-electron chi connectivity index (χ3n) is 3.36. The molecule has 0 bridgehead atoms. The molecule has 0 saturated carbocycles. The Morgan fingerprint density at radius 1 is 0.957 bits per heavy atom. The van der Waals surface area contributed by atoms with Gasteiger partial charge in [0.25, 0.3) is 0 Å². The first-order valence-electron chi connectivity index (χ1n) is 7.81. The number of Topliss-reactive ketones (excluding diaryl/α,β-unsaturated/α-hetero) is 1. The average molecular weight is 329 g/mol. The second-order valence-electron chi connectivity index (χ2n) is 5.32. The highest BCUT2D eigenvalue weighted by Gasteiger charge is 2.24. The molecule has 0 aliphatic rings. The fraction of sp³-hybridized carbons (Fsp3) is 0.733. The number of rotatable bonds is 11. The highest BCUT2D eigenvalue weighted by molar-refractivity contribution is 5.93. The zero-order valence-electron chi connectivity index (χ0n) is 14.1. The lowest BCUT2D eigenvalue weighted by Crippen LogP contribution is -2.53. The number of amides is 2. The van der Waals surface area contributed by atoms with Crippen LogP contribution in [0.25, 0.3) is 0 Å². The summed E-state index contributed by atoms with van der Waals surface area (Å²) in [7, 11) is 0. The van der Waals surface area contributed by atoms with Crippen molar-refractivity contribution in [3.05, 3.63) is 0 Å². The molecule has 132 valence electrons. The summed E-state index contributed by atoms with van der Waals surface area (Å²) in [6.45, 7) is 7.11. The number of carbonyl (C=O) groups is 4. The minimum absolute atomic E-state index is 0.0936. The molecule has 0 aromatic carbocycles. The normalized spacial score (nSPS) is 14.4. The molecule has 8 heteroatoms. The summed E-state index contributed by atoms with van der Waals surface area (Å²) in [6, 6.07) is -2.11. The van der Waals surface area contributed by atoms with E-state index >= 15 is 0 Å². The van der Waals surface area contributed by atoms with E-state index in [1.807, 2.05) is 0 Å². The molecule has 23 heavy (non-hydrogen) atoms. The van der Waals surface area contributed by atoms with E-state index in [2.05, 4.69) is 16.0 Å². The fourth-order valence-electron chi connectivity index (χ4n) is 1.94. The van der Waals surface area contributed by atoms with Gasteiger partial charge in [-0.2, -0.15) is 0 Å². The summed E-state index contributed by atoms with van der Waals surface area (Å²) in [5.41, 5.74) is 0. The van der Waals surface area contributed by atoms with E-state index in [9.17, 15) is 19.2 Å². The maximum absolute atomic E-state index is 12.1. The Labute approximate surface area is 136 Å². The molecule has 0 fully saturated rings. The second kappa shape index (κ2) is 10.7. The number of carbonyl (C=O) groups excluding carboxylic acids is 3. The van der Waals surface area contributed by atoms with E-state index in [4.69, 9.17) is 5.11 Å². The molecule has 0 aromatic heterocycles. The number of hydrogen-bond acceptors (Lipinski definition) is 5. The number of ketones is 1. The summed E-state index contributed by atoms with van der Waals surface area (Å²) < 4.78 is 0. The number of hydrogen-bond donors (Lipinski definition) is 4. The second-order valence-corrected chi connectivity index (χ2v) is 5.32. The number of aliphatic carboxylic acids is 1. The van der Waals surface area contributed by atoms with Crippen molar-refractivity contribution in [2.45, 2.75) is 65.1 Å². The van der Waals surface area contributed by atoms with Crippen LogP contribution in [0.1, 0.15) is 47.0 Å². The third kappa shape index (κ3) is 8.29. The van der Waals surface area contributed by atoms with Gasteiger partial charge in [-0.1, -0.05) is 13.8 Å². The zero-order valence-corrected chi connectivity index (χ0v) is 14.1. The van der Waals surface area contributed by atoms with Gasteiger partial charge in [0.05, 0.1) is 12.1 Å². The molecule has 0 spiro atoms. The Hall–Kier alpha value is -1.96. The van der Waals surface area contributed by atoms with Crippen LogP contribution >= 0.6 is 0 Å². The van der Waals surface area contributed by atoms with E-state index < -0.39 is 35.9 Å². The SMILES string of the molecule is CCN[C@@H](CCC(=O)O)C(=O)N[C@@H](C)C(=O)N[C@@H](C)C(=O)CC. The van der Waals surface area contributed by atoms with E-state index in [1.54, 1.807) is 20.8 Å². The topological polar surface area (TPSA) is 125 Å². The lowest BCUT2D eigenvalue weighted by molar-refractivity contribution is -0.137. The van der Waals surface area contributed by atoms with Crippen molar-refractivity contribution in [1.29, 1.82) is 0 Å². The zero-order chi connectivity index (χ0) is 18.0. The number of carboxylic acids is 1. The smallest absolute Gasteiger partial charge is 0.303 e. The molecule has 0 aliphatic carbocycles. The molecule has 0 rings (SSSR count). The van der Waals surface area contributed by atoms with Crippen LogP contribution in [-0.4, -0.2) is 53.3 Å². The summed E-state index contributed by atoms with van der Waals surface area (Å²) in [6.07, 6.45) is 0.307. The van der Waals surface area contributed by atoms with Gasteiger partial charge in [0, 0.05) is 12.8 Å². The molecular formula is C15H27N3O5. The van der Waals surface area contributed by atoms with Crippen molar-refractivity contribution < 1.29 is 24.3 Å². The minimum Gasteiger partial charge on any atom is -0.481 e. The van der Waals surface area contributed by atoms with Gasteiger partial charge in [-0.05, 0) is 26.8 Å². The summed E-state index contributed by atoms with van der Waals surface area (Å²) in [5, 5.41) is 16.7. The van der Waals surface area contributed by atoms with E-state index in [1.165, 1.54) is 6.92 Å². The van der Waals surface area contributed by atoms with Crippen molar-refractivity contribution >= 4 is 23.6 Å². The molecule has 0 aliphatic heterocycles. The maximum Gasteiger partial charge on any atom is 0.303 e. The van der Waals surface area contributed by atoms with E-state index in [-0.39, 0.29) is 18.6 Å². The molecule has 2 amide bonds. The van der Waals surface area contributed by atoms with Gasteiger partial charge < -0.3 is 21.1 Å². The first-order chi connectivity index (χ1) is 10.7. The number of likely N-dealkylation sites (N-methyl/N-ethyl adjacent to an activating group) is 1. The van der Waals surface area contributed by atoms with Crippen LogP contribution in [0.5, 0.6) is 0 Å². The monoisotopic (exact) mass is 329 g/mol.